The van der Waals surface area contributed by atoms with Gasteiger partial charge in [-0.3, -0.25) is 14.4 Å². The van der Waals surface area contributed by atoms with Crippen molar-refractivity contribution < 1.29 is 29.0 Å². The van der Waals surface area contributed by atoms with Gasteiger partial charge in [-0.25, -0.2) is 0 Å². The fraction of sp³-hybridized carbons (Fsp3) is 0.222. The van der Waals surface area contributed by atoms with Crippen LogP contribution in [-0.2, 0) is 19.1 Å². The minimum atomic E-state index is -0.834. The van der Waals surface area contributed by atoms with Crippen LogP contribution in [0.25, 0.3) is 16.5 Å². The maximum absolute atomic E-state index is 13.1. The molecule has 4 rings (SSSR count). The van der Waals surface area contributed by atoms with Gasteiger partial charge in [0.1, 0.15) is 11.5 Å². The average Bonchev–Trinajstić information content (AvgIpc) is 3.08. The molecule has 1 aliphatic heterocycles. The number of aliphatic hydroxyl groups is 1. The van der Waals surface area contributed by atoms with E-state index in [4.69, 9.17) is 9.47 Å². The highest BCUT2D eigenvalue weighted by molar-refractivity contribution is 6.46. The highest BCUT2D eigenvalue weighted by Crippen LogP contribution is 2.40. The van der Waals surface area contributed by atoms with Gasteiger partial charge in [0.25, 0.3) is 11.7 Å². The molecule has 7 heteroatoms. The normalized spacial score (nSPS) is 17.4. The first-order valence-electron chi connectivity index (χ1n) is 11.0. The van der Waals surface area contributed by atoms with Gasteiger partial charge in [0.05, 0.1) is 11.6 Å². The second-order valence-corrected chi connectivity index (χ2v) is 8.07. The Kier molecular flexibility index (Phi) is 6.75. The van der Waals surface area contributed by atoms with Crippen LogP contribution >= 0.6 is 0 Å². The third kappa shape index (κ3) is 4.56. The van der Waals surface area contributed by atoms with Crippen LogP contribution in [0.15, 0.2) is 72.3 Å². The lowest BCUT2D eigenvalue weighted by Gasteiger charge is -2.25. The van der Waals surface area contributed by atoms with E-state index in [1.54, 1.807) is 43.5 Å². The number of nitrogens with zero attached hydrogens (tertiary/aromatic N) is 1. The number of Topliss-reactive ketones (excluding diaryl/α,β-unsaturated/α-hetero) is 1. The van der Waals surface area contributed by atoms with Crippen LogP contribution in [0.4, 0.5) is 0 Å². The highest BCUT2D eigenvalue weighted by Gasteiger charge is 2.45. The Balaban J connectivity index is 1.84. The van der Waals surface area contributed by atoms with Crippen molar-refractivity contribution in [1.29, 1.82) is 0 Å². The number of rotatable bonds is 7. The SMILES string of the molecule is COCCCN1C(=O)C(=O)/C(=C(\O)c2ccc3ccccc3c2)C1c1cccc(OC(C)=O)c1. The Bertz CT molecular complexity index is 1300. The number of hydrogen-bond acceptors (Lipinski definition) is 6. The third-order valence-corrected chi connectivity index (χ3v) is 5.75. The van der Waals surface area contributed by atoms with Crippen molar-refractivity contribution in [3.63, 3.8) is 0 Å². The van der Waals surface area contributed by atoms with E-state index in [0.29, 0.717) is 24.2 Å². The van der Waals surface area contributed by atoms with Gasteiger partial charge in [-0.15, -0.1) is 0 Å². The molecule has 0 spiro atoms. The van der Waals surface area contributed by atoms with E-state index in [9.17, 15) is 19.5 Å². The molecule has 0 aromatic heterocycles. The molecule has 1 N–H and O–H groups in total. The maximum Gasteiger partial charge on any atom is 0.308 e. The maximum atomic E-state index is 13.1. The molecule has 0 saturated carbocycles. The van der Waals surface area contributed by atoms with Crippen LogP contribution in [0.3, 0.4) is 0 Å². The topological polar surface area (TPSA) is 93.1 Å². The Morgan fingerprint density at radius 3 is 2.50 bits per heavy atom. The summed E-state index contributed by atoms with van der Waals surface area (Å²) in [6.45, 7) is 1.96. The summed E-state index contributed by atoms with van der Waals surface area (Å²) >= 11 is 0. The zero-order chi connectivity index (χ0) is 24.2. The fourth-order valence-corrected chi connectivity index (χ4v) is 4.24. The Morgan fingerprint density at radius 2 is 1.76 bits per heavy atom. The van der Waals surface area contributed by atoms with Crippen molar-refractivity contribution in [2.24, 2.45) is 0 Å². The molecule has 174 valence electrons. The van der Waals surface area contributed by atoms with E-state index in [0.717, 1.165) is 10.8 Å². The van der Waals surface area contributed by atoms with Gasteiger partial charge < -0.3 is 19.5 Å². The molecule has 3 aromatic carbocycles. The van der Waals surface area contributed by atoms with Crippen molar-refractivity contribution >= 4 is 34.2 Å². The molecule has 1 saturated heterocycles. The van der Waals surface area contributed by atoms with Crippen LogP contribution in [0.5, 0.6) is 5.75 Å². The molecule has 0 bridgehead atoms. The minimum absolute atomic E-state index is 0.00215. The summed E-state index contributed by atoms with van der Waals surface area (Å²) in [5.74, 6) is -1.89. The van der Waals surface area contributed by atoms with Crippen molar-refractivity contribution in [3.05, 3.63) is 83.4 Å². The number of carbonyl (C=O) groups is 3. The number of likely N-dealkylation sites (tertiary alicyclic amines) is 1. The molecular weight excluding hydrogens is 434 g/mol. The second-order valence-electron chi connectivity index (χ2n) is 8.07. The van der Waals surface area contributed by atoms with Crippen molar-refractivity contribution in [1.82, 2.24) is 4.90 Å². The number of fused-ring (bicyclic) bond motifs is 1. The van der Waals surface area contributed by atoms with E-state index >= 15 is 0 Å². The zero-order valence-electron chi connectivity index (χ0n) is 19.0. The zero-order valence-corrected chi connectivity index (χ0v) is 19.0. The van der Waals surface area contributed by atoms with Gasteiger partial charge >= 0.3 is 5.97 Å². The summed E-state index contributed by atoms with van der Waals surface area (Å²) in [6, 6.07) is 18.8. The molecule has 34 heavy (non-hydrogen) atoms. The third-order valence-electron chi connectivity index (χ3n) is 5.75. The average molecular weight is 459 g/mol. The van der Waals surface area contributed by atoms with E-state index < -0.39 is 23.7 Å². The predicted molar refractivity (Wildman–Crippen MR) is 127 cm³/mol. The summed E-state index contributed by atoms with van der Waals surface area (Å²) in [6.07, 6.45) is 0.514. The molecule has 7 nitrogen and oxygen atoms in total. The number of benzene rings is 3. The number of esters is 1. The van der Waals surface area contributed by atoms with Gasteiger partial charge in [-0.2, -0.15) is 0 Å². The van der Waals surface area contributed by atoms with E-state index in [1.165, 1.54) is 11.8 Å². The largest absolute Gasteiger partial charge is 0.507 e. The quantitative estimate of drug-likeness (QED) is 0.142. The summed E-state index contributed by atoms with van der Waals surface area (Å²) in [4.78, 5) is 39.0. The molecule has 1 atom stereocenters. The first kappa shape index (κ1) is 23.2. The lowest BCUT2D eigenvalue weighted by Crippen LogP contribution is -2.31. The van der Waals surface area contributed by atoms with E-state index in [2.05, 4.69) is 0 Å². The van der Waals surface area contributed by atoms with E-state index in [1.807, 2.05) is 30.3 Å². The Labute approximate surface area is 197 Å². The fourth-order valence-electron chi connectivity index (χ4n) is 4.24. The van der Waals surface area contributed by atoms with Crippen molar-refractivity contribution in [3.8, 4) is 5.75 Å². The molecule has 0 aliphatic carbocycles. The lowest BCUT2D eigenvalue weighted by molar-refractivity contribution is -0.140. The van der Waals surface area contributed by atoms with E-state index in [-0.39, 0.29) is 23.6 Å². The first-order valence-corrected chi connectivity index (χ1v) is 11.0. The number of ether oxygens (including phenoxy) is 2. The number of carbonyl (C=O) groups excluding carboxylic acids is 3. The van der Waals surface area contributed by atoms with Crippen LogP contribution in [-0.4, -0.2) is 47.9 Å². The van der Waals surface area contributed by atoms with Gasteiger partial charge in [0, 0.05) is 32.7 Å². The van der Waals surface area contributed by atoms with Crippen molar-refractivity contribution in [2.75, 3.05) is 20.3 Å². The molecule has 1 fully saturated rings. The summed E-state index contributed by atoms with van der Waals surface area (Å²) in [5, 5.41) is 13.2. The highest BCUT2D eigenvalue weighted by atomic mass is 16.5. The molecule has 3 aromatic rings. The summed E-state index contributed by atoms with van der Waals surface area (Å²) in [5.41, 5.74) is 0.991. The standard InChI is InChI=1S/C27H25NO6/c1-17(29)34-22-10-5-9-20(16-22)24-23(26(31)27(32)28(24)13-6-14-33-2)25(30)21-12-11-18-7-3-4-8-19(18)15-21/h3-5,7-12,15-16,24,30H,6,13-14H2,1-2H3/b25-23-. The molecule has 0 radical (unpaired) electrons. The van der Waals surface area contributed by atoms with Crippen LogP contribution < -0.4 is 4.74 Å². The van der Waals surface area contributed by atoms with Gasteiger partial charge in [-0.1, -0.05) is 48.5 Å². The van der Waals surface area contributed by atoms with Gasteiger partial charge in [-0.05, 0) is 41.0 Å². The molecule has 1 aliphatic rings. The predicted octanol–water partition coefficient (Wildman–Crippen LogP) is 4.22. The number of methoxy groups -OCH3 is 1. The molecular formula is C27H25NO6. The first-order chi connectivity index (χ1) is 16.4. The summed E-state index contributed by atoms with van der Waals surface area (Å²) < 4.78 is 10.3. The second kappa shape index (κ2) is 9.89. The lowest BCUT2D eigenvalue weighted by atomic mass is 9.94. The Morgan fingerprint density at radius 1 is 1.00 bits per heavy atom. The number of ketones is 1. The van der Waals surface area contributed by atoms with Crippen LogP contribution in [0.2, 0.25) is 0 Å². The Hall–Kier alpha value is -3.97. The molecule has 1 unspecified atom stereocenters. The number of amides is 1. The summed E-state index contributed by atoms with van der Waals surface area (Å²) in [7, 11) is 1.56. The monoisotopic (exact) mass is 459 g/mol. The van der Waals surface area contributed by atoms with Crippen LogP contribution in [0.1, 0.15) is 30.5 Å². The van der Waals surface area contributed by atoms with Crippen LogP contribution in [0, 0.1) is 0 Å². The van der Waals surface area contributed by atoms with Gasteiger partial charge in [0.2, 0.25) is 0 Å². The van der Waals surface area contributed by atoms with Crippen molar-refractivity contribution in [2.45, 2.75) is 19.4 Å². The number of aliphatic hydroxyl groups excluding tert-OH is 1. The molecule has 1 heterocycles. The number of hydrogen-bond donors (Lipinski definition) is 1. The molecule has 1 amide bonds. The van der Waals surface area contributed by atoms with Gasteiger partial charge in [0.15, 0.2) is 0 Å². The smallest absolute Gasteiger partial charge is 0.308 e. The minimum Gasteiger partial charge on any atom is -0.507 e.